The Hall–Kier alpha value is -1.22. The predicted molar refractivity (Wildman–Crippen MR) is 278 cm³/mol. The lowest BCUT2D eigenvalue weighted by atomic mass is 10.0. The highest BCUT2D eigenvalue weighted by molar-refractivity contribution is 5.69. The van der Waals surface area contributed by atoms with Gasteiger partial charge in [-0.1, -0.05) is 169 Å². The molecular weight excluding hydrogens is 793 g/mol. The van der Waals surface area contributed by atoms with Crippen molar-refractivity contribution < 1.29 is 19.1 Å². The number of unbranched alkanes of at least 4 members (excludes halogenated alkanes) is 25. The summed E-state index contributed by atoms with van der Waals surface area (Å²) in [5.41, 5.74) is 11.9. The maximum atomic E-state index is 12.9. The molecule has 0 aromatic heterocycles. The van der Waals surface area contributed by atoms with Gasteiger partial charge in [-0.05, 0) is 155 Å². The van der Waals surface area contributed by atoms with Gasteiger partial charge in [0.2, 0.25) is 0 Å². The minimum atomic E-state index is 0.0185. The number of esters is 2. The second-order valence-corrected chi connectivity index (χ2v) is 19.7. The quantitative estimate of drug-likeness (QED) is 0.0459. The van der Waals surface area contributed by atoms with Gasteiger partial charge in [0.15, 0.2) is 0 Å². The van der Waals surface area contributed by atoms with E-state index >= 15 is 0 Å². The van der Waals surface area contributed by atoms with Gasteiger partial charge >= 0.3 is 11.9 Å². The Bertz CT molecular complexity index is 848. The Balaban J connectivity index is 4.61. The van der Waals surface area contributed by atoms with Crippen molar-refractivity contribution in [2.24, 2.45) is 11.5 Å². The van der Waals surface area contributed by atoms with E-state index in [2.05, 4.69) is 37.5 Å². The standard InChI is InChI=1S/C56H114N4O4/c1-5-9-13-17-21-27-39-53(40-28-22-18-14-10-6-2)63-55(61)43-31-25-33-47-59(51-37-45-57)49-35-36-50-60(52-38-46-58)48-34-26-32-44-56(62)64-54(41-29-23-19-15-11-7-3)42-30-24-20-16-12-8-4/h53-54H,5-52,57-58H2,1-4H3. The monoisotopic (exact) mass is 907 g/mol. The molecule has 0 unspecified atom stereocenters. The van der Waals surface area contributed by atoms with Crippen molar-refractivity contribution in [2.75, 3.05) is 52.4 Å². The number of rotatable bonds is 53. The van der Waals surface area contributed by atoms with Crippen molar-refractivity contribution in [1.29, 1.82) is 0 Å². The second kappa shape index (κ2) is 51.2. The van der Waals surface area contributed by atoms with E-state index in [1.165, 1.54) is 167 Å². The molecule has 0 spiro atoms. The van der Waals surface area contributed by atoms with Crippen LogP contribution in [0.15, 0.2) is 0 Å². The van der Waals surface area contributed by atoms with Gasteiger partial charge in [-0.25, -0.2) is 0 Å². The largest absolute Gasteiger partial charge is 0.462 e. The van der Waals surface area contributed by atoms with Crippen molar-refractivity contribution in [3.63, 3.8) is 0 Å². The van der Waals surface area contributed by atoms with Crippen LogP contribution in [0.2, 0.25) is 0 Å². The summed E-state index contributed by atoms with van der Waals surface area (Å²) >= 11 is 0. The summed E-state index contributed by atoms with van der Waals surface area (Å²) < 4.78 is 12.2. The lowest BCUT2D eigenvalue weighted by Crippen LogP contribution is -2.31. The normalized spacial score (nSPS) is 11.8. The van der Waals surface area contributed by atoms with E-state index in [0.29, 0.717) is 12.8 Å². The van der Waals surface area contributed by atoms with Crippen molar-refractivity contribution >= 4 is 11.9 Å². The van der Waals surface area contributed by atoms with E-state index in [9.17, 15) is 9.59 Å². The second-order valence-electron chi connectivity index (χ2n) is 19.7. The average Bonchev–Trinajstić information content (AvgIpc) is 3.29. The first-order valence-corrected chi connectivity index (χ1v) is 28.7. The maximum Gasteiger partial charge on any atom is 0.306 e. The van der Waals surface area contributed by atoms with Crippen LogP contribution in [0, 0.1) is 0 Å². The summed E-state index contributed by atoms with van der Waals surface area (Å²) in [4.78, 5) is 31.1. The van der Waals surface area contributed by atoms with Crippen molar-refractivity contribution in [2.45, 2.75) is 297 Å². The molecule has 0 radical (unpaired) electrons. The number of carbonyl (C=O) groups excluding carboxylic acids is 2. The lowest BCUT2D eigenvalue weighted by molar-refractivity contribution is -0.151. The van der Waals surface area contributed by atoms with Crippen molar-refractivity contribution in [3.05, 3.63) is 0 Å². The molecule has 0 atom stereocenters. The molecule has 8 nitrogen and oxygen atoms in total. The van der Waals surface area contributed by atoms with Gasteiger partial charge in [-0.2, -0.15) is 0 Å². The third kappa shape index (κ3) is 44.6. The molecule has 8 heteroatoms. The van der Waals surface area contributed by atoms with Crippen LogP contribution in [0.1, 0.15) is 285 Å². The molecule has 0 saturated carbocycles. The third-order valence-corrected chi connectivity index (χ3v) is 13.4. The molecule has 0 aromatic rings. The smallest absolute Gasteiger partial charge is 0.306 e. The summed E-state index contributed by atoms with van der Waals surface area (Å²) in [5, 5.41) is 0. The fraction of sp³-hybridized carbons (Fsp3) is 0.964. The number of nitrogens with two attached hydrogens (primary N) is 2. The molecule has 0 aromatic carbocycles. The summed E-state index contributed by atoms with van der Waals surface area (Å²) in [6.07, 6.45) is 46.8. The SMILES string of the molecule is CCCCCCCCC(CCCCCCCC)OC(=O)CCCCCN(CCCN)CCCCN(CCCN)CCCCCC(=O)OC(CCCCCCCC)CCCCCCCC. The summed E-state index contributed by atoms with van der Waals surface area (Å²) in [7, 11) is 0. The molecule has 0 aliphatic rings. The molecular formula is C56H114N4O4. The van der Waals surface area contributed by atoms with Crippen LogP contribution in [0.5, 0.6) is 0 Å². The van der Waals surface area contributed by atoms with Gasteiger partial charge in [-0.3, -0.25) is 9.59 Å². The number of hydrogen-bond donors (Lipinski definition) is 2. The fourth-order valence-corrected chi connectivity index (χ4v) is 9.16. The zero-order valence-corrected chi connectivity index (χ0v) is 43.8. The third-order valence-electron chi connectivity index (χ3n) is 13.4. The van der Waals surface area contributed by atoms with Gasteiger partial charge in [-0.15, -0.1) is 0 Å². The highest BCUT2D eigenvalue weighted by atomic mass is 16.5. The Kier molecular flexibility index (Phi) is 50.2. The minimum Gasteiger partial charge on any atom is -0.462 e. The van der Waals surface area contributed by atoms with Crippen molar-refractivity contribution in [3.8, 4) is 0 Å². The zero-order chi connectivity index (χ0) is 46.8. The van der Waals surface area contributed by atoms with Crippen LogP contribution >= 0.6 is 0 Å². The van der Waals surface area contributed by atoms with Crippen LogP contribution in [-0.2, 0) is 19.1 Å². The molecule has 0 heterocycles. The fourth-order valence-electron chi connectivity index (χ4n) is 9.16. The number of carbonyl (C=O) groups is 2. The van der Waals surface area contributed by atoms with Crippen LogP contribution in [0.25, 0.3) is 0 Å². The van der Waals surface area contributed by atoms with Crippen LogP contribution in [-0.4, -0.2) is 86.3 Å². The average molecular weight is 908 g/mol. The molecule has 0 fully saturated rings. The van der Waals surface area contributed by atoms with Gasteiger partial charge in [0.05, 0.1) is 0 Å². The molecule has 0 amide bonds. The molecule has 64 heavy (non-hydrogen) atoms. The summed E-state index contributed by atoms with van der Waals surface area (Å²) in [5.74, 6) is 0.0370. The van der Waals surface area contributed by atoms with E-state index in [1.54, 1.807) is 0 Å². The Morgan fingerprint density at radius 3 is 0.844 bits per heavy atom. The van der Waals surface area contributed by atoms with E-state index in [4.69, 9.17) is 20.9 Å². The van der Waals surface area contributed by atoms with E-state index in [-0.39, 0.29) is 24.1 Å². The number of hydrogen-bond acceptors (Lipinski definition) is 8. The van der Waals surface area contributed by atoms with Gasteiger partial charge < -0.3 is 30.7 Å². The first-order chi connectivity index (χ1) is 31.4. The van der Waals surface area contributed by atoms with Crippen LogP contribution < -0.4 is 11.5 Å². The first kappa shape index (κ1) is 62.8. The number of ether oxygens (including phenoxy) is 2. The highest BCUT2D eigenvalue weighted by Gasteiger charge is 2.16. The lowest BCUT2D eigenvalue weighted by Gasteiger charge is -2.25. The molecule has 0 rings (SSSR count). The van der Waals surface area contributed by atoms with Gasteiger partial charge in [0.1, 0.15) is 12.2 Å². The Labute approximate surface area is 400 Å². The van der Waals surface area contributed by atoms with Crippen LogP contribution in [0.3, 0.4) is 0 Å². The van der Waals surface area contributed by atoms with E-state index < -0.39 is 0 Å². The molecule has 0 saturated heterocycles. The Morgan fingerprint density at radius 1 is 0.328 bits per heavy atom. The van der Waals surface area contributed by atoms with Gasteiger partial charge in [0.25, 0.3) is 0 Å². The molecule has 0 aliphatic carbocycles. The van der Waals surface area contributed by atoms with Crippen LogP contribution in [0.4, 0.5) is 0 Å². The van der Waals surface area contributed by atoms with E-state index in [0.717, 1.165) is 129 Å². The zero-order valence-electron chi connectivity index (χ0n) is 43.8. The summed E-state index contributed by atoms with van der Waals surface area (Å²) in [6.45, 7) is 17.0. The number of nitrogens with zero attached hydrogens (tertiary/aromatic N) is 2. The first-order valence-electron chi connectivity index (χ1n) is 28.7. The molecule has 382 valence electrons. The highest BCUT2D eigenvalue weighted by Crippen LogP contribution is 2.20. The molecule has 4 N–H and O–H groups in total. The molecule has 0 aliphatic heterocycles. The van der Waals surface area contributed by atoms with E-state index in [1.807, 2.05) is 0 Å². The topological polar surface area (TPSA) is 111 Å². The van der Waals surface area contributed by atoms with Crippen molar-refractivity contribution in [1.82, 2.24) is 9.80 Å². The van der Waals surface area contributed by atoms with Gasteiger partial charge in [0, 0.05) is 12.8 Å². The minimum absolute atomic E-state index is 0.0185. The summed E-state index contributed by atoms with van der Waals surface area (Å²) in [6, 6.07) is 0. The predicted octanol–water partition coefficient (Wildman–Crippen LogP) is 15.0. The molecule has 0 bridgehead atoms. The maximum absolute atomic E-state index is 12.9. The Morgan fingerprint density at radius 2 is 0.562 bits per heavy atom.